The Bertz CT molecular complexity index is 576. The number of hydrogen-bond donors (Lipinski definition) is 0. The van der Waals surface area contributed by atoms with Crippen molar-refractivity contribution in [3.05, 3.63) is 23.4 Å². The molecule has 1 aliphatic carbocycles. The van der Waals surface area contributed by atoms with Crippen LogP contribution in [0, 0.1) is 0 Å². The molecule has 3 rings (SSSR count). The molecule has 0 amide bonds. The number of fused-ring (bicyclic) bond motifs is 3. The molecule has 0 bridgehead atoms. The van der Waals surface area contributed by atoms with Gasteiger partial charge in [0.15, 0.2) is 0 Å². The van der Waals surface area contributed by atoms with Crippen molar-refractivity contribution in [2.75, 3.05) is 7.11 Å². The van der Waals surface area contributed by atoms with Crippen LogP contribution >= 0.6 is 0 Å². The van der Waals surface area contributed by atoms with Crippen molar-refractivity contribution in [1.82, 2.24) is 9.55 Å². The van der Waals surface area contributed by atoms with Gasteiger partial charge in [-0.2, -0.15) is 0 Å². The Morgan fingerprint density at radius 1 is 1.47 bits per heavy atom. The molecule has 2 aromatic rings. The van der Waals surface area contributed by atoms with Crippen LogP contribution < -0.4 is 5.59 Å². The van der Waals surface area contributed by atoms with Crippen LogP contribution in [0.3, 0.4) is 0 Å². The Hall–Kier alpha value is -1.29. The zero-order valence-electron chi connectivity index (χ0n) is 10.2. The van der Waals surface area contributed by atoms with E-state index in [2.05, 4.69) is 22.7 Å². The van der Waals surface area contributed by atoms with Gasteiger partial charge in [-0.1, -0.05) is 12.1 Å². The van der Waals surface area contributed by atoms with E-state index in [9.17, 15) is 0 Å². The van der Waals surface area contributed by atoms with Gasteiger partial charge < -0.3 is 9.30 Å². The summed E-state index contributed by atoms with van der Waals surface area (Å²) in [5, 5.41) is 1.22. The molecule has 3 nitrogen and oxygen atoms in total. The smallest absolute Gasteiger partial charge is 0.141 e. The predicted molar refractivity (Wildman–Crippen MR) is 68.9 cm³/mol. The molecule has 2 heterocycles. The summed E-state index contributed by atoms with van der Waals surface area (Å²) >= 11 is 0. The molecule has 2 radical (unpaired) electrons. The molecule has 0 aliphatic heterocycles. The first-order valence-electron chi connectivity index (χ1n) is 5.96. The van der Waals surface area contributed by atoms with Crippen LogP contribution in [0.4, 0.5) is 0 Å². The average Bonchev–Trinajstić information content (AvgIpc) is 2.62. The number of nitrogens with zero attached hydrogens (tertiary/aromatic N) is 2. The van der Waals surface area contributed by atoms with Crippen LogP contribution in [0.25, 0.3) is 11.0 Å². The average molecular weight is 226 g/mol. The summed E-state index contributed by atoms with van der Waals surface area (Å²) in [4.78, 5) is 4.43. The quantitative estimate of drug-likeness (QED) is 0.674. The number of ether oxygens (including phenoxy) is 1. The van der Waals surface area contributed by atoms with E-state index in [4.69, 9.17) is 12.6 Å². The van der Waals surface area contributed by atoms with E-state index in [-0.39, 0.29) is 0 Å². The van der Waals surface area contributed by atoms with Crippen molar-refractivity contribution in [3.63, 3.8) is 0 Å². The monoisotopic (exact) mass is 226 g/mol. The summed E-state index contributed by atoms with van der Waals surface area (Å²) in [7, 11) is 9.61. The van der Waals surface area contributed by atoms with Gasteiger partial charge in [-0.25, -0.2) is 4.98 Å². The standard InChI is InChI=1S/C13H15BN2O/c1-16-11-5-3-8(17-2)7-10(11)9-4-6-12(14)15-13(9)16/h4,6,8H,3,5,7H2,1-2H3. The normalized spacial score (nSPS) is 19.5. The lowest BCUT2D eigenvalue weighted by Crippen LogP contribution is -2.21. The lowest BCUT2D eigenvalue weighted by Gasteiger charge is -2.21. The van der Waals surface area contributed by atoms with Gasteiger partial charge in [0.1, 0.15) is 13.5 Å². The lowest BCUT2D eigenvalue weighted by molar-refractivity contribution is 0.0908. The lowest BCUT2D eigenvalue weighted by atomic mass is 9.93. The Labute approximate surface area is 102 Å². The van der Waals surface area contributed by atoms with Crippen molar-refractivity contribution in [2.24, 2.45) is 7.05 Å². The van der Waals surface area contributed by atoms with E-state index in [1.165, 1.54) is 16.6 Å². The molecule has 4 heteroatoms. The molecule has 0 N–H and O–H groups in total. The van der Waals surface area contributed by atoms with E-state index in [0.717, 1.165) is 24.9 Å². The highest BCUT2D eigenvalue weighted by molar-refractivity contribution is 6.31. The fourth-order valence-corrected chi connectivity index (χ4v) is 2.81. The first kappa shape index (κ1) is 10.8. The highest BCUT2D eigenvalue weighted by atomic mass is 16.5. The Morgan fingerprint density at radius 2 is 2.29 bits per heavy atom. The van der Waals surface area contributed by atoms with Gasteiger partial charge in [0, 0.05) is 31.7 Å². The van der Waals surface area contributed by atoms with Crippen LogP contribution in [0.2, 0.25) is 0 Å². The molecule has 0 saturated carbocycles. The molecule has 1 atom stereocenters. The van der Waals surface area contributed by atoms with Crippen molar-refractivity contribution in [2.45, 2.75) is 25.4 Å². The van der Waals surface area contributed by atoms with Crippen LogP contribution in [0.15, 0.2) is 12.1 Å². The second-order valence-corrected chi connectivity index (χ2v) is 4.69. The van der Waals surface area contributed by atoms with Crippen LogP contribution in [0.5, 0.6) is 0 Å². The molecule has 0 aromatic carbocycles. The van der Waals surface area contributed by atoms with Gasteiger partial charge in [-0.05, 0) is 24.0 Å². The molecule has 2 aromatic heterocycles. The first-order chi connectivity index (χ1) is 8.20. The zero-order chi connectivity index (χ0) is 12.0. The maximum Gasteiger partial charge on any atom is 0.141 e. The van der Waals surface area contributed by atoms with Gasteiger partial charge >= 0.3 is 0 Å². The summed E-state index contributed by atoms with van der Waals surface area (Å²) in [6, 6.07) is 3.95. The SMILES string of the molecule is [B]c1ccc2c3c(n(C)c2n1)CCC(OC)C3. The molecule has 1 aliphatic rings. The minimum atomic E-state index is 0.339. The Kier molecular flexibility index (Phi) is 2.47. The minimum Gasteiger partial charge on any atom is -0.381 e. The Morgan fingerprint density at radius 3 is 3.06 bits per heavy atom. The van der Waals surface area contributed by atoms with Gasteiger partial charge in [-0.15, -0.1) is 0 Å². The molecule has 17 heavy (non-hydrogen) atoms. The second kappa shape index (κ2) is 3.88. The van der Waals surface area contributed by atoms with E-state index in [1.54, 1.807) is 7.11 Å². The van der Waals surface area contributed by atoms with Gasteiger partial charge in [-0.3, -0.25) is 0 Å². The first-order valence-corrected chi connectivity index (χ1v) is 5.96. The van der Waals surface area contributed by atoms with Crippen molar-refractivity contribution in [1.29, 1.82) is 0 Å². The number of methoxy groups -OCH3 is 1. The number of aryl methyl sites for hydroxylation is 1. The highest BCUT2D eigenvalue weighted by Gasteiger charge is 2.24. The summed E-state index contributed by atoms with van der Waals surface area (Å²) in [5.74, 6) is 0. The molecule has 0 spiro atoms. The minimum absolute atomic E-state index is 0.339. The second-order valence-electron chi connectivity index (χ2n) is 4.69. The van der Waals surface area contributed by atoms with E-state index < -0.39 is 0 Å². The van der Waals surface area contributed by atoms with Crippen LogP contribution in [-0.2, 0) is 24.6 Å². The van der Waals surface area contributed by atoms with Crippen molar-refractivity contribution >= 4 is 24.5 Å². The highest BCUT2D eigenvalue weighted by Crippen LogP contribution is 2.30. The third-order valence-electron chi connectivity index (χ3n) is 3.76. The van der Waals surface area contributed by atoms with Crippen LogP contribution in [0.1, 0.15) is 17.7 Å². The van der Waals surface area contributed by atoms with Crippen molar-refractivity contribution < 1.29 is 4.74 Å². The van der Waals surface area contributed by atoms with Crippen LogP contribution in [-0.4, -0.2) is 30.6 Å². The molecule has 0 fully saturated rings. The van der Waals surface area contributed by atoms with E-state index in [1.807, 2.05) is 6.07 Å². The fraction of sp³-hybridized carbons (Fsp3) is 0.462. The predicted octanol–water partition coefficient (Wildman–Crippen LogP) is 0.871. The summed E-state index contributed by atoms with van der Waals surface area (Å²) in [5.41, 5.74) is 4.34. The summed E-state index contributed by atoms with van der Waals surface area (Å²) in [6.07, 6.45) is 3.46. The molecule has 1 unspecified atom stereocenters. The summed E-state index contributed by atoms with van der Waals surface area (Å²) < 4.78 is 7.65. The molecular weight excluding hydrogens is 211 g/mol. The van der Waals surface area contributed by atoms with Gasteiger partial charge in [0.05, 0.1) is 6.10 Å². The maximum atomic E-state index is 5.75. The number of hydrogen-bond acceptors (Lipinski definition) is 2. The fourth-order valence-electron chi connectivity index (χ4n) is 2.81. The Balaban J connectivity index is 2.22. The van der Waals surface area contributed by atoms with Crippen molar-refractivity contribution in [3.8, 4) is 0 Å². The number of pyridine rings is 1. The van der Waals surface area contributed by atoms with Gasteiger partial charge in [0.2, 0.25) is 0 Å². The van der Waals surface area contributed by atoms with E-state index in [0.29, 0.717) is 11.7 Å². The molecule has 86 valence electrons. The molecular formula is C13H15BN2O. The number of rotatable bonds is 1. The van der Waals surface area contributed by atoms with E-state index >= 15 is 0 Å². The third kappa shape index (κ3) is 1.59. The topological polar surface area (TPSA) is 27.1 Å². The van der Waals surface area contributed by atoms with Gasteiger partial charge in [0.25, 0.3) is 0 Å². The largest absolute Gasteiger partial charge is 0.381 e. The third-order valence-corrected chi connectivity index (χ3v) is 3.76. The summed E-state index contributed by atoms with van der Waals surface area (Å²) in [6.45, 7) is 0. The molecule has 0 saturated heterocycles. The maximum absolute atomic E-state index is 5.75. The number of aromatic nitrogens is 2. The zero-order valence-corrected chi connectivity index (χ0v) is 10.2.